The first-order valence-corrected chi connectivity index (χ1v) is 12.4. The smallest absolute Gasteiger partial charge is 0.358 e. The van der Waals surface area contributed by atoms with Gasteiger partial charge in [0.05, 0.1) is 12.3 Å². The molecule has 0 aliphatic rings. The molecule has 0 N–H and O–H groups in total. The minimum Gasteiger partial charge on any atom is -0.461 e. The van der Waals surface area contributed by atoms with E-state index in [4.69, 9.17) is 4.74 Å². The Hall–Kier alpha value is -2.94. The third kappa shape index (κ3) is 4.62. The van der Waals surface area contributed by atoms with E-state index in [1.54, 1.807) is 6.92 Å². The number of carbonyl (C=O) groups excluding carboxylic acids is 1. The molecule has 0 radical (unpaired) electrons. The second-order valence-electron chi connectivity index (χ2n) is 7.34. The number of ether oxygens (including phenoxy) is 1. The Kier molecular flexibility index (Phi) is 7.84. The second kappa shape index (κ2) is 10.6. The number of aromatic nitrogens is 2. The number of aryl methyl sites for hydroxylation is 1. The molecule has 1 aromatic heterocycles. The minimum atomic E-state index is -2.05. The zero-order valence-corrected chi connectivity index (χ0v) is 19.9. The van der Waals surface area contributed by atoms with E-state index >= 15 is 0 Å². The van der Waals surface area contributed by atoms with Crippen molar-refractivity contribution in [1.82, 2.24) is 9.78 Å². The fourth-order valence-electron chi connectivity index (χ4n) is 3.97. The predicted molar refractivity (Wildman–Crippen MR) is 135 cm³/mol. The van der Waals surface area contributed by atoms with Gasteiger partial charge in [0.25, 0.3) is 0 Å². The number of carbonyl (C=O) groups is 1. The van der Waals surface area contributed by atoms with Gasteiger partial charge in [0.15, 0.2) is 5.69 Å². The Labute approximate surface area is 196 Å². The van der Waals surface area contributed by atoms with Crippen molar-refractivity contribution in [3.05, 3.63) is 108 Å². The van der Waals surface area contributed by atoms with Crippen molar-refractivity contribution in [3.63, 3.8) is 0 Å². The second-order valence-corrected chi connectivity index (χ2v) is 10.8. The number of rotatable bonds is 7. The first-order chi connectivity index (χ1) is 15.1. The summed E-state index contributed by atoms with van der Waals surface area (Å²) < 4.78 is 6.99. The lowest BCUT2D eigenvalue weighted by molar-refractivity contribution is 0.0518. The first kappa shape index (κ1) is 23.7. The van der Waals surface area contributed by atoms with Gasteiger partial charge in [-0.25, -0.2) is 4.79 Å². The van der Waals surface area contributed by atoms with Gasteiger partial charge in [-0.05, 0) is 49.4 Å². The molecule has 0 fully saturated rings. The molecule has 0 bridgehead atoms. The molecule has 0 atom stereocenters. The number of nitrogens with zero attached hydrogens (tertiary/aromatic N) is 2. The van der Waals surface area contributed by atoms with Gasteiger partial charge in [-0.2, -0.15) is 5.10 Å². The SMILES string of the molecule is CCOC(=O)c1cc(C[P+](c2ccccc2)(c2ccccc2)c2ccccc2)n(C)n1.Cl. The molecule has 3 aromatic carbocycles. The van der Waals surface area contributed by atoms with Crippen molar-refractivity contribution in [2.75, 3.05) is 6.61 Å². The molecular formula is C26H27ClN2O2P+. The zero-order chi connectivity index (χ0) is 21.7. The summed E-state index contributed by atoms with van der Waals surface area (Å²) in [4.78, 5) is 12.3. The van der Waals surface area contributed by atoms with Gasteiger partial charge in [0, 0.05) is 7.05 Å². The normalized spacial score (nSPS) is 10.9. The fraction of sp³-hybridized carbons (Fsp3) is 0.154. The maximum atomic E-state index is 12.3. The van der Waals surface area contributed by atoms with E-state index in [-0.39, 0.29) is 18.4 Å². The van der Waals surface area contributed by atoms with Gasteiger partial charge >= 0.3 is 5.97 Å². The highest BCUT2D eigenvalue weighted by Gasteiger charge is 2.46. The average molecular weight is 466 g/mol. The van der Waals surface area contributed by atoms with Crippen molar-refractivity contribution >= 4 is 41.6 Å². The van der Waals surface area contributed by atoms with Crippen molar-refractivity contribution in [1.29, 1.82) is 0 Å². The van der Waals surface area contributed by atoms with E-state index in [0.717, 1.165) is 11.9 Å². The molecule has 0 amide bonds. The summed E-state index contributed by atoms with van der Waals surface area (Å²) in [5, 5.41) is 8.35. The van der Waals surface area contributed by atoms with Crippen molar-refractivity contribution in [2.45, 2.75) is 13.1 Å². The predicted octanol–water partition coefficient (Wildman–Crippen LogP) is 4.51. The molecule has 1 heterocycles. The maximum absolute atomic E-state index is 12.3. The maximum Gasteiger partial charge on any atom is 0.358 e. The molecule has 0 aliphatic heterocycles. The third-order valence-corrected chi connectivity index (χ3v) is 9.79. The Bertz CT molecular complexity index is 1050. The Morgan fingerprint density at radius 2 is 1.28 bits per heavy atom. The van der Waals surface area contributed by atoms with Gasteiger partial charge in [-0.15, -0.1) is 12.4 Å². The molecule has 6 heteroatoms. The van der Waals surface area contributed by atoms with Crippen LogP contribution in [0.3, 0.4) is 0 Å². The third-order valence-electron chi connectivity index (χ3n) is 5.45. The van der Waals surface area contributed by atoms with Crippen LogP contribution in [0.15, 0.2) is 97.1 Å². The standard InChI is InChI=1S/C26H26N2O2P.ClH/c1-3-30-26(29)25-19-21(28(2)27-25)20-31(22-13-7-4-8-14-22,23-15-9-5-10-16-23)24-17-11-6-12-18-24;/h4-19H,3,20H2,1-2H3;1H/q+1;. The zero-order valence-electron chi connectivity index (χ0n) is 18.2. The van der Waals surface area contributed by atoms with Crippen LogP contribution in [-0.2, 0) is 17.9 Å². The monoisotopic (exact) mass is 465 g/mol. The number of halogens is 1. The van der Waals surface area contributed by atoms with Crippen LogP contribution in [-0.4, -0.2) is 22.4 Å². The summed E-state index contributed by atoms with van der Waals surface area (Å²) in [6.45, 7) is 2.14. The number of esters is 1. The van der Waals surface area contributed by atoms with Crippen LogP contribution < -0.4 is 15.9 Å². The lowest BCUT2D eigenvalue weighted by Crippen LogP contribution is -2.32. The van der Waals surface area contributed by atoms with Crippen LogP contribution in [0.2, 0.25) is 0 Å². The highest BCUT2D eigenvalue weighted by atomic mass is 35.5. The molecule has 4 aromatic rings. The highest BCUT2D eigenvalue weighted by molar-refractivity contribution is 7.95. The van der Waals surface area contributed by atoms with E-state index < -0.39 is 7.26 Å². The summed E-state index contributed by atoms with van der Waals surface area (Å²) in [5.41, 5.74) is 1.36. The van der Waals surface area contributed by atoms with Crippen LogP contribution in [0, 0.1) is 0 Å². The van der Waals surface area contributed by atoms with Crippen LogP contribution in [0.25, 0.3) is 0 Å². The summed E-state index contributed by atoms with van der Waals surface area (Å²) in [7, 11) is -0.151. The minimum absolute atomic E-state index is 0. The number of benzene rings is 3. The molecule has 0 aliphatic carbocycles. The molecule has 32 heavy (non-hydrogen) atoms. The molecule has 4 rings (SSSR count). The molecule has 4 nitrogen and oxygen atoms in total. The van der Waals surface area contributed by atoms with Crippen molar-refractivity contribution in [2.24, 2.45) is 7.05 Å². The molecule has 164 valence electrons. The Morgan fingerprint density at radius 1 is 0.844 bits per heavy atom. The molecule has 0 spiro atoms. The van der Waals surface area contributed by atoms with Gasteiger partial charge < -0.3 is 4.74 Å². The van der Waals surface area contributed by atoms with Crippen LogP contribution in [0.4, 0.5) is 0 Å². The topological polar surface area (TPSA) is 44.1 Å². The largest absolute Gasteiger partial charge is 0.461 e. The summed E-state index contributed by atoms with van der Waals surface area (Å²) in [6.07, 6.45) is 0.758. The van der Waals surface area contributed by atoms with Gasteiger partial charge in [0.1, 0.15) is 29.3 Å². The summed E-state index contributed by atoms with van der Waals surface area (Å²) in [6, 6.07) is 33.9. The quantitative estimate of drug-likeness (QED) is 0.298. The molecule has 0 saturated carbocycles. The summed E-state index contributed by atoms with van der Waals surface area (Å²) >= 11 is 0. The van der Waals surface area contributed by atoms with E-state index in [1.165, 1.54) is 15.9 Å². The fourth-order valence-corrected chi connectivity index (χ4v) is 8.24. The molecule has 0 saturated heterocycles. The van der Waals surface area contributed by atoms with Crippen LogP contribution in [0.5, 0.6) is 0 Å². The number of hydrogen-bond acceptors (Lipinski definition) is 3. The first-order valence-electron chi connectivity index (χ1n) is 10.4. The molecular weight excluding hydrogens is 439 g/mol. The highest BCUT2D eigenvalue weighted by Crippen LogP contribution is 2.58. The van der Waals surface area contributed by atoms with Crippen LogP contribution >= 0.6 is 19.7 Å². The Balaban J connectivity index is 0.00000289. The Morgan fingerprint density at radius 3 is 1.69 bits per heavy atom. The summed E-state index contributed by atoms with van der Waals surface area (Å²) in [5.74, 6) is -0.382. The van der Waals surface area contributed by atoms with Gasteiger partial charge in [0.2, 0.25) is 0 Å². The van der Waals surface area contributed by atoms with Crippen LogP contribution in [0.1, 0.15) is 23.1 Å². The molecule has 0 unspecified atom stereocenters. The van der Waals surface area contributed by atoms with E-state index in [9.17, 15) is 4.79 Å². The van der Waals surface area contributed by atoms with Crippen molar-refractivity contribution in [3.8, 4) is 0 Å². The lowest BCUT2D eigenvalue weighted by atomic mass is 10.3. The lowest BCUT2D eigenvalue weighted by Gasteiger charge is -2.27. The van der Waals surface area contributed by atoms with Gasteiger partial charge in [-0.1, -0.05) is 54.6 Å². The van der Waals surface area contributed by atoms with Gasteiger partial charge in [-0.3, -0.25) is 4.68 Å². The van der Waals surface area contributed by atoms with E-state index in [0.29, 0.717) is 12.3 Å². The van der Waals surface area contributed by atoms with Crippen molar-refractivity contribution < 1.29 is 9.53 Å². The van der Waals surface area contributed by atoms with E-state index in [2.05, 4.69) is 96.1 Å². The van der Waals surface area contributed by atoms with E-state index in [1.807, 2.05) is 17.8 Å². The number of hydrogen-bond donors (Lipinski definition) is 0. The average Bonchev–Trinajstić information content (AvgIpc) is 3.19.